The van der Waals surface area contributed by atoms with Crippen molar-refractivity contribution < 1.29 is 9.53 Å². The minimum absolute atomic E-state index is 0.131. The Balaban J connectivity index is 1.64. The molecule has 1 aromatic carbocycles. The van der Waals surface area contributed by atoms with Crippen molar-refractivity contribution in [2.75, 3.05) is 23.3 Å². The quantitative estimate of drug-likeness (QED) is 0.575. The molecule has 8 nitrogen and oxygen atoms in total. The molecule has 2 aromatic heterocycles. The molecule has 174 valence electrons. The normalized spacial score (nSPS) is 15.5. The first-order valence-electron chi connectivity index (χ1n) is 11.1. The van der Waals surface area contributed by atoms with Gasteiger partial charge < -0.3 is 19.5 Å². The molecule has 1 fully saturated rings. The molecule has 0 radical (unpaired) electrons. The zero-order valence-corrected chi connectivity index (χ0v) is 20.0. The van der Waals surface area contributed by atoms with Gasteiger partial charge >= 0.3 is 0 Å². The minimum atomic E-state index is -0.701. The number of rotatable bonds is 6. The standard InChI is InChI=1S/C24H28ClN5O3/c1-14-7-9-30(10-8-14)24-26-13-19(25)22(28-24)27-18-5-6-20-17(11-18)12-21(23(32)29(20)4)33-16(3)15(2)31/h5-6,11-14,16H,7-10H2,1-4H3,(H,26,27,28)/t16-/m1/s1. The fourth-order valence-electron chi connectivity index (χ4n) is 3.83. The van der Waals surface area contributed by atoms with Crippen LogP contribution < -0.4 is 20.5 Å². The molecule has 33 heavy (non-hydrogen) atoms. The number of ether oxygens (including phenoxy) is 1. The second-order valence-corrected chi connectivity index (χ2v) is 9.09. The third-order valence-electron chi connectivity index (χ3n) is 6.13. The number of nitrogens with one attached hydrogen (secondary N) is 1. The van der Waals surface area contributed by atoms with Gasteiger partial charge in [-0.3, -0.25) is 9.59 Å². The lowest BCUT2D eigenvalue weighted by Gasteiger charge is -2.30. The fourth-order valence-corrected chi connectivity index (χ4v) is 3.97. The number of Topliss-reactive ketones (excluding diaryl/α,β-unsaturated/α-hetero) is 1. The summed E-state index contributed by atoms with van der Waals surface area (Å²) < 4.78 is 7.12. The zero-order valence-electron chi connectivity index (χ0n) is 19.3. The Labute approximate surface area is 197 Å². The molecule has 0 amide bonds. The van der Waals surface area contributed by atoms with Crippen LogP contribution in [0, 0.1) is 5.92 Å². The van der Waals surface area contributed by atoms with Gasteiger partial charge in [-0.2, -0.15) is 4.98 Å². The molecule has 1 atom stereocenters. The van der Waals surface area contributed by atoms with E-state index in [4.69, 9.17) is 16.3 Å². The number of pyridine rings is 1. The molecule has 9 heteroatoms. The maximum Gasteiger partial charge on any atom is 0.293 e. The molecule has 0 saturated carbocycles. The molecule has 0 spiro atoms. The lowest BCUT2D eigenvalue weighted by molar-refractivity contribution is -0.122. The highest BCUT2D eigenvalue weighted by Crippen LogP contribution is 2.29. The number of hydrogen-bond donors (Lipinski definition) is 1. The zero-order chi connectivity index (χ0) is 23.7. The maximum absolute atomic E-state index is 12.6. The van der Waals surface area contributed by atoms with Crippen molar-refractivity contribution in [2.45, 2.75) is 39.7 Å². The fraction of sp³-hybridized carbons (Fsp3) is 0.417. The molecular formula is C24H28ClN5O3. The molecule has 0 aliphatic carbocycles. The van der Waals surface area contributed by atoms with Crippen LogP contribution in [0.2, 0.25) is 5.02 Å². The largest absolute Gasteiger partial charge is 0.477 e. The van der Waals surface area contributed by atoms with E-state index in [1.54, 1.807) is 26.2 Å². The molecule has 3 heterocycles. The van der Waals surface area contributed by atoms with E-state index in [1.165, 1.54) is 11.5 Å². The summed E-state index contributed by atoms with van der Waals surface area (Å²) in [5.41, 5.74) is 1.20. The van der Waals surface area contributed by atoms with Gasteiger partial charge in [0.2, 0.25) is 5.95 Å². The first kappa shape index (κ1) is 23.0. The number of hydrogen-bond acceptors (Lipinski definition) is 7. The van der Waals surface area contributed by atoms with Gasteiger partial charge in [0.25, 0.3) is 5.56 Å². The first-order valence-corrected chi connectivity index (χ1v) is 11.5. The van der Waals surface area contributed by atoms with Gasteiger partial charge in [0.05, 0.1) is 11.7 Å². The SMILES string of the molecule is CC(=O)[C@@H](C)Oc1cc2cc(Nc3nc(N4CCC(C)CC4)ncc3Cl)ccc2n(C)c1=O. The molecule has 0 bridgehead atoms. The Morgan fingerprint density at radius 3 is 2.70 bits per heavy atom. The molecular weight excluding hydrogens is 442 g/mol. The number of carbonyl (C=O) groups is 1. The summed E-state index contributed by atoms with van der Waals surface area (Å²) in [5.74, 6) is 1.88. The van der Waals surface area contributed by atoms with Crippen molar-refractivity contribution in [1.82, 2.24) is 14.5 Å². The van der Waals surface area contributed by atoms with Crippen molar-refractivity contribution in [3.63, 3.8) is 0 Å². The van der Waals surface area contributed by atoms with Crippen LogP contribution in [0.5, 0.6) is 5.75 Å². The van der Waals surface area contributed by atoms with E-state index in [9.17, 15) is 9.59 Å². The Hall–Kier alpha value is -3.13. The van der Waals surface area contributed by atoms with E-state index in [0.717, 1.165) is 42.5 Å². The van der Waals surface area contributed by atoms with Crippen molar-refractivity contribution in [2.24, 2.45) is 13.0 Å². The highest BCUT2D eigenvalue weighted by atomic mass is 35.5. The van der Waals surface area contributed by atoms with Crippen LogP contribution in [0.3, 0.4) is 0 Å². The minimum Gasteiger partial charge on any atom is -0.477 e. The molecule has 1 N–H and O–H groups in total. The molecule has 4 rings (SSSR count). The van der Waals surface area contributed by atoms with E-state index >= 15 is 0 Å². The summed E-state index contributed by atoms with van der Waals surface area (Å²) in [6.45, 7) is 7.17. The highest BCUT2D eigenvalue weighted by Gasteiger charge is 2.19. The van der Waals surface area contributed by atoms with Crippen LogP contribution in [-0.4, -0.2) is 39.5 Å². The van der Waals surface area contributed by atoms with Crippen LogP contribution >= 0.6 is 11.6 Å². The summed E-state index contributed by atoms with van der Waals surface area (Å²) in [7, 11) is 1.68. The number of ketones is 1. The van der Waals surface area contributed by atoms with E-state index in [-0.39, 0.29) is 17.1 Å². The smallest absolute Gasteiger partial charge is 0.293 e. The van der Waals surface area contributed by atoms with Crippen LogP contribution in [0.4, 0.5) is 17.5 Å². The second kappa shape index (κ2) is 9.39. The summed E-state index contributed by atoms with van der Waals surface area (Å²) in [6, 6.07) is 7.26. The lowest BCUT2D eigenvalue weighted by atomic mass is 10.00. The first-order chi connectivity index (χ1) is 15.7. The topological polar surface area (TPSA) is 89.3 Å². The van der Waals surface area contributed by atoms with Gasteiger partial charge in [-0.25, -0.2) is 4.98 Å². The number of halogens is 1. The Bertz CT molecular complexity index is 1250. The van der Waals surface area contributed by atoms with Crippen molar-refractivity contribution in [3.05, 3.63) is 45.8 Å². The van der Waals surface area contributed by atoms with Crippen LogP contribution in [0.1, 0.15) is 33.6 Å². The lowest BCUT2D eigenvalue weighted by Crippen LogP contribution is -2.34. The number of benzene rings is 1. The van der Waals surface area contributed by atoms with Gasteiger partial charge in [-0.15, -0.1) is 0 Å². The maximum atomic E-state index is 12.6. The average Bonchev–Trinajstić information content (AvgIpc) is 2.79. The predicted octanol–water partition coefficient (Wildman–Crippen LogP) is 4.32. The van der Waals surface area contributed by atoms with Crippen molar-refractivity contribution >= 4 is 45.7 Å². The monoisotopic (exact) mass is 469 g/mol. The van der Waals surface area contributed by atoms with E-state index in [2.05, 4.69) is 27.1 Å². The van der Waals surface area contributed by atoms with Gasteiger partial charge in [-0.1, -0.05) is 18.5 Å². The third-order valence-corrected chi connectivity index (χ3v) is 6.40. The number of carbonyl (C=O) groups excluding carboxylic acids is 1. The predicted molar refractivity (Wildman–Crippen MR) is 131 cm³/mol. The highest BCUT2D eigenvalue weighted by molar-refractivity contribution is 6.32. The number of piperidine rings is 1. The summed E-state index contributed by atoms with van der Waals surface area (Å²) >= 11 is 6.38. The molecule has 1 saturated heterocycles. The van der Waals surface area contributed by atoms with Gasteiger partial charge in [0.1, 0.15) is 5.02 Å². The summed E-state index contributed by atoms with van der Waals surface area (Å²) in [5, 5.41) is 4.47. The Morgan fingerprint density at radius 2 is 2.00 bits per heavy atom. The van der Waals surface area contributed by atoms with Crippen LogP contribution in [-0.2, 0) is 11.8 Å². The molecule has 1 aliphatic heterocycles. The summed E-state index contributed by atoms with van der Waals surface area (Å²) in [6.07, 6.45) is 3.15. The van der Waals surface area contributed by atoms with E-state index in [1.807, 2.05) is 18.2 Å². The Kier molecular flexibility index (Phi) is 6.56. The number of aryl methyl sites for hydroxylation is 1. The average molecular weight is 470 g/mol. The van der Waals surface area contributed by atoms with Gasteiger partial charge in [-0.05, 0) is 56.9 Å². The number of fused-ring (bicyclic) bond motifs is 1. The Morgan fingerprint density at radius 1 is 1.27 bits per heavy atom. The number of anilines is 3. The second-order valence-electron chi connectivity index (χ2n) is 8.68. The van der Waals surface area contributed by atoms with E-state index in [0.29, 0.717) is 22.7 Å². The van der Waals surface area contributed by atoms with Gasteiger partial charge in [0, 0.05) is 31.2 Å². The third kappa shape index (κ3) is 4.95. The molecule has 3 aromatic rings. The van der Waals surface area contributed by atoms with Crippen molar-refractivity contribution in [1.29, 1.82) is 0 Å². The van der Waals surface area contributed by atoms with E-state index < -0.39 is 6.10 Å². The van der Waals surface area contributed by atoms with Gasteiger partial charge in [0.15, 0.2) is 23.5 Å². The molecule has 1 aliphatic rings. The number of aromatic nitrogens is 3. The summed E-state index contributed by atoms with van der Waals surface area (Å²) in [4.78, 5) is 35.5. The van der Waals surface area contributed by atoms with Crippen LogP contribution in [0.15, 0.2) is 35.3 Å². The molecule has 0 unspecified atom stereocenters. The van der Waals surface area contributed by atoms with Crippen molar-refractivity contribution in [3.8, 4) is 5.75 Å². The number of nitrogens with zero attached hydrogens (tertiary/aromatic N) is 4. The van der Waals surface area contributed by atoms with Crippen LogP contribution in [0.25, 0.3) is 10.9 Å².